The molecule has 18 heavy (non-hydrogen) atoms. The minimum Gasteiger partial charge on any atom is -0.780 e. The number of rotatable bonds is 0. The van der Waals surface area contributed by atoms with E-state index in [-0.39, 0.29) is 124 Å². The van der Waals surface area contributed by atoms with Crippen molar-refractivity contribution < 1.29 is 164 Å². The molecule has 0 saturated carbocycles. The summed E-state index contributed by atoms with van der Waals surface area (Å²) in [5.41, 5.74) is 0. The van der Waals surface area contributed by atoms with Gasteiger partial charge in [0.05, 0.1) is 0 Å². The van der Waals surface area contributed by atoms with Crippen LogP contribution in [0.25, 0.3) is 0 Å². The predicted octanol–water partition coefficient (Wildman–Crippen LogP) is -9.01. The van der Waals surface area contributed by atoms with Crippen molar-refractivity contribution in [3.8, 4) is 0 Å². The zero-order valence-electron chi connectivity index (χ0n) is 8.44. The molecule has 9 nitrogen and oxygen atoms in total. The van der Waals surface area contributed by atoms with Gasteiger partial charge in [0, 0.05) is 0 Å². The molecule has 0 radical (unpaired) electrons. The molecule has 0 N–H and O–H groups in total. The summed E-state index contributed by atoms with van der Waals surface area (Å²) in [6.45, 7) is 0. The summed E-state index contributed by atoms with van der Waals surface area (Å²) in [7, 11) is -13.0. The molecule has 0 spiro atoms. The maximum Gasteiger partial charge on any atom is 4.00 e. The van der Waals surface area contributed by atoms with Gasteiger partial charge < -0.3 is 27.3 Å². The van der Waals surface area contributed by atoms with Crippen molar-refractivity contribution in [1.82, 2.24) is 0 Å². The molecule has 0 atom stereocenters. The molecule has 102 valence electrons. The van der Waals surface area contributed by atoms with E-state index in [1.54, 1.807) is 0 Å². The van der Waals surface area contributed by atoms with E-state index in [2.05, 4.69) is 33.6 Å². The summed E-state index contributed by atoms with van der Waals surface area (Å²) in [4.78, 5) is 0. The van der Waals surface area contributed by atoms with Crippen molar-refractivity contribution in [2.45, 2.75) is 0 Å². The summed E-state index contributed by atoms with van der Waals surface area (Å²) in [6, 6.07) is 0. The Labute approximate surface area is 218 Å². The molecule has 0 heterocycles. The minimum atomic E-state index is -4.33. The van der Waals surface area contributed by atoms with Gasteiger partial charge in [0.1, 0.15) is 0 Å². The smallest absolute Gasteiger partial charge is 0.780 e. The standard InChI is InChI=1S/2K.3H2O3S2.Pt/c;;3*1-5(2,3)4;/h;;3*(H2,1,2,3,4);/q2*+1;;;;+4/p-6. The van der Waals surface area contributed by atoms with Crippen molar-refractivity contribution >= 4 is 60.7 Å². The Hall–Kier alpha value is 4.83. The average molecular weight is 610 g/mol. The van der Waals surface area contributed by atoms with E-state index in [1.807, 2.05) is 0 Å². The Kier molecular flexibility index (Phi) is 38.8. The third-order valence-corrected chi connectivity index (χ3v) is 0. The largest absolute Gasteiger partial charge is 4.00 e. The van der Waals surface area contributed by atoms with E-state index in [0.717, 1.165) is 0 Å². The molecule has 0 unspecified atom stereocenters. The van der Waals surface area contributed by atoms with Crippen LogP contribution in [0.2, 0.25) is 0 Å². The van der Waals surface area contributed by atoms with Crippen LogP contribution in [0.4, 0.5) is 0 Å². The Morgan fingerprint density at radius 1 is 0.556 bits per heavy atom. The molecule has 0 aromatic rings. The summed E-state index contributed by atoms with van der Waals surface area (Å²) < 4.78 is 80.0. The molecule has 0 bridgehead atoms. The van der Waals surface area contributed by atoms with Gasteiger partial charge >= 0.3 is 124 Å². The Bertz CT molecular complexity index is 350. The second-order valence-corrected chi connectivity index (χ2v) is 7.35. The van der Waals surface area contributed by atoms with Gasteiger partial charge in [0.15, 0.2) is 0 Å². The zero-order chi connectivity index (χ0) is 13.5. The van der Waals surface area contributed by atoms with Crippen LogP contribution in [0, 0.1) is 0 Å². The molecule has 0 fully saturated rings. The molecular weight excluding hydrogens is 610 g/mol. The molecule has 0 amide bonds. The van der Waals surface area contributed by atoms with Gasteiger partial charge in [0.25, 0.3) is 0 Å². The summed E-state index contributed by atoms with van der Waals surface area (Å²) >= 11 is 9.73. The van der Waals surface area contributed by atoms with Gasteiger partial charge in [-0.3, -0.25) is 12.6 Å². The average Bonchev–Trinajstić information content (AvgIpc) is 1.41. The third-order valence-electron chi connectivity index (χ3n) is 0. The summed E-state index contributed by atoms with van der Waals surface area (Å²) in [6.07, 6.45) is 0. The molecule has 18 heteroatoms. The monoisotopic (exact) mass is 609 g/mol. The van der Waals surface area contributed by atoms with Gasteiger partial charge in [-0.05, 0) is 33.6 Å². The fourth-order valence-electron chi connectivity index (χ4n) is 0. The molecular formula is K2O9PtS6. The molecule has 0 aromatic carbocycles. The second-order valence-electron chi connectivity index (χ2n) is 1.22. The predicted molar refractivity (Wildman–Crippen MR) is 51.2 cm³/mol. The van der Waals surface area contributed by atoms with E-state index < -0.39 is 27.2 Å². The molecule has 0 rings (SSSR count). The molecule has 0 saturated heterocycles. The van der Waals surface area contributed by atoms with Crippen molar-refractivity contribution in [2.24, 2.45) is 0 Å². The SMILES string of the molecule is O=S([O-])([O-])=S.O=S([O-])([O-])=S.O=S([O-])([O-])=S.[K+].[K+].[Pt+4]. The van der Waals surface area contributed by atoms with Gasteiger partial charge in [0.2, 0.25) is 0 Å². The van der Waals surface area contributed by atoms with Crippen LogP contribution in [0.1, 0.15) is 0 Å². The number of hydrogen-bond acceptors (Lipinski definition) is 12. The van der Waals surface area contributed by atoms with Gasteiger partial charge in [-0.2, -0.15) is 0 Å². The fourth-order valence-corrected chi connectivity index (χ4v) is 0. The normalized spacial score (nSPS) is 9.67. The second kappa shape index (κ2) is 18.2. The Balaban J connectivity index is -0.0000000277. The Morgan fingerprint density at radius 2 is 0.556 bits per heavy atom. The van der Waals surface area contributed by atoms with Crippen molar-refractivity contribution in [1.29, 1.82) is 0 Å². The summed E-state index contributed by atoms with van der Waals surface area (Å²) in [5.74, 6) is 0. The third kappa shape index (κ3) is 351. The van der Waals surface area contributed by atoms with Crippen molar-refractivity contribution in [3.05, 3.63) is 0 Å². The summed E-state index contributed by atoms with van der Waals surface area (Å²) in [5, 5.41) is 0. The van der Waals surface area contributed by atoms with Crippen molar-refractivity contribution in [3.63, 3.8) is 0 Å². The van der Waals surface area contributed by atoms with Crippen molar-refractivity contribution in [2.75, 3.05) is 0 Å². The number of hydrogen-bond donors (Lipinski definition) is 0. The molecule has 0 aliphatic heterocycles. The first-order valence-electron chi connectivity index (χ1n) is 2.00. The maximum absolute atomic E-state index is 8.89. The van der Waals surface area contributed by atoms with Crippen LogP contribution < -0.4 is 103 Å². The first-order chi connectivity index (χ1) is 6.00. The quantitative estimate of drug-likeness (QED) is 0.236. The minimum absolute atomic E-state index is 0. The van der Waals surface area contributed by atoms with Crippen LogP contribution in [0.3, 0.4) is 0 Å². The van der Waals surface area contributed by atoms with E-state index in [4.69, 9.17) is 39.9 Å². The van der Waals surface area contributed by atoms with Gasteiger partial charge in [-0.15, -0.1) is 27.2 Å². The molecule has 0 aliphatic rings. The van der Waals surface area contributed by atoms with Crippen LogP contribution in [0.5, 0.6) is 0 Å². The van der Waals surface area contributed by atoms with Gasteiger partial charge in [-0.25, -0.2) is 0 Å². The van der Waals surface area contributed by atoms with E-state index in [1.165, 1.54) is 0 Å². The first-order valence-corrected chi connectivity index (χ1v) is 9.00. The zero-order valence-corrected chi connectivity index (χ0v) is 21.9. The molecule has 0 aromatic heterocycles. The van der Waals surface area contributed by atoms with E-state index in [0.29, 0.717) is 0 Å². The molecule has 0 aliphatic carbocycles. The van der Waals surface area contributed by atoms with E-state index in [9.17, 15) is 0 Å². The van der Waals surface area contributed by atoms with Gasteiger partial charge in [-0.1, -0.05) is 0 Å². The first kappa shape index (κ1) is 38.4. The van der Waals surface area contributed by atoms with Crippen LogP contribution in [-0.2, 0) is 81.8 Å². The Morgan fingerprint density at radius 3 is 0.556 bits per heavy atom. The maximum atomic E-state index is 8.89. The van der Waals surface area contributed by atoms with Crippen LogP contribution in [0.15, 0.2) is 0 Å². The van der Waals surface area contributed by atoms with E-state index >= 15 is 0 Å². The fraction of sp³-hybridized carbons (Fsp3) is 0. The van der Waals surface area contributed by atoms with Crippen LogP contribution >= 0.6 is 0 Å². The van der Waals surface area contributed by atoms with Crippen LogP contribution in [-0.4, -0.2) is 39.9 Å². The topological polar surface area (TPSA) is 190 Å².